The minimum atomic E-state index is -0.298. The van der Waals surface area contributed by atoms with Gasteiger partial charge < -0.3 is 15.5 Å². The highest BCUT2D eigenvalue weighted by molar-refractivity contribution is 5.88. The fourth-order valence-corrected chi connectivity index (χ4v) is 4.46. The van der Waals surface area contributed by atoms with E-state index in [1.54, 1.807) is 0 Å². The third-order valence-electron chi connectivity index (χ3n) is 5.82. The molecule has 1 aromatic rings. The molecule has 5 heteroatoms. The summed E-state index contributed by atoms with van der Waals surface area (Å²) in [5.74, 6) is 0.760. The zero-order valence-electron chi connectivity index (χ0n) is 16.9. The highest BCUT2D eigenvalue weighted by atomic mass is 16.2. The average molecular weight is 372 g/mol. The third-order valence-corrected chi connectivity index (χ3v) is 5.82. The number of hydrogen-bond acceptors (Lipinski definition) is 3. The van der Waals surface area contributed by atoms with Crippen molar-refractivity contribution >= 4 is 11.8 Å². The topological polar surface area (TPSA) is 66.6 Å². The van der Waals surface area contributed by atoms with Crippen molar-refractivity contribution in [1.82, 2.24) is 9.80 Å². The smallest absolute Gasteiger partial charge is 0.245 e. The maximum absolute atomic E-state index is 13.3. The van der Waals surface area contributed by atoms with E-state index in [0.29, 0.717) is 32.6 Å². The number of hydrogen-bond donors (Lipinski definition) is 1. The summed E-state index contributed by atoms with van der Waals surface area (Å²) in [7, 11) is 0. The number of nitrogens with two attached hydrogens (primary N) is 1. The van der Waals surface area contributed by atoms with E-state index >= 15 is 0 Å². The van der Waals surface area contributed by atoms with Crippen LogP contribution in [-0.2, 0) is 9.59 Å². The lowest BCUT2D eigenvalue weighted by Gasteiger charge is -2.30. The molecular formula is C22H33N3O2. The summed E-state index contributed by atoms with van der Waals surface area (Å²) >= 11 is 0. The molecule has 0 spiro atoms. The number of benzene rings is 1. The summed E-state index contributed by atoms with van der Waals surface area (Å²) in [5, 5.41) is 0. The molecule has 1 aromatic carbocycles. The Morgan fingerprint density at radius 3 is 2.48 bits per heavy atom. The van der Waals surface area contributed by atoms with Gasteiger partial charge in [0.05, 0.1) is 0 Å². The Bertz CT molecular complexity index is 668. The van der Waals surface area contributed by atoms with Crippen LogP contribution in [0.1, 0.15) is 51.5 Å². The number of carbonyl (C=O) groups is 2. The standard InChI is InChI=1S/C22H33N3O2/c1-22(2,3)12-20(26)25-11-7-10-19(25)21(27)24-14-17(13-23)18(15-24)16-8-5-4-6-9-16/h4-6,8-9,17-19H,7,10-15,23H2,1-3H3/t17-,18+,19?/m1/s1. The lowest BCUT2D eigenvalue weighted by Crippen LogP contribution is -2.48. The Hall–Kier alpha value is -1.88. The number of likely N-dealkylation sites (tertiary alicyclic amines) is 2. The van der Waals surface area contributed by atoms with Gasteiger partial charge in [-0.15, -0.1) is 0 Å². The van der Waals surface area contributed by atoms with Crippen molar-refractivity contribution < 1.29 is 9.59 Å². The van der Waals surface area contributed by atoms with Crippen molar-refractivity contribution in [3.05, 3.63) is 35.9 Å². The van der Waals surface area contributed by atoms with Crippen LogP contribution in [0.25, 0.3) is 0 Å². The molecule has 0 aromatic heterocycles. The highest BCUT2D eigenvalue weighted by Crippen LogP contribution is 2.34. The fraction of sp³-hybridized carbons (Fsp3) is 0.636. The summed E-state index contributed by atoms with van der Waals surface area (Å²) in [4.78, 5) is 29.8. The molecular weight excluding hydrogens is 338 g/mol. The third kappa shape index (κ3) is 4.52. The summed E-state index contributed by atoms with van der Waals surface area (Å²) in [6.07, 6.45) is 2.16. The second-order valence-corrected chi connectivity index (χ2v) is 9.24. The van der Waals surface area contributed by atoms with Crippen molar-refractivity contribution in [3.8, 4) is 0 Å². The van der Waals surface area contributed by atoms with Crippen molar-refractivity contribution in [1.29, 1.82) is 0 Å². The van der Waals surface area contributed by atoms with Gasteiger partial charge in [0.2, 0.25) is 11.8 Å². The number of carbonyl (C=O) groups excluding carboxylic acids is 2. The van der Waals surface area contributed by atoms with E-state index in [-0.39, 0.29) is 35.1 Å². The molecule has 0 radical (unpaired) electrons. The van der Waals surface area contributed by atoms with Crippen LogP contribution in [0.2, 0.25) is 0 Å². The largest absolute Gasteiger partial charge is 0.340 e. The van der Waals surface area contributed by atoms with Crippen molar-refractivity contribution in [2.45, 2.75) is 52.0 Å². The zero-order chi connectivity index (χ0) is 19.6. The molecule has 2 fully saturated rings. The van der Waals surface area contributed by atoms with Gasteiger partial charge in [-0.3, -0.25) is 9.59 Å². The monoisotopic (exact) mass is 371 g/mol. The van der Waals surface area contributed by atoms with Crippen LogP contribution in [0.5, 0.6) is 0 Å². The SMILES string of the molecule is CC(C)(C)CC(=O)N1CCCC1C(=O)N1C[C@@H](CN)[C@H](c2ccccc2)C1. The molecule has 5 nitrogen and oxygen atoms in total. The molecule has 2 N–H and O–H groups in total. The van der Waals surface area contributed by atoms with E-state index in [1.165, 1.54) is 5.56 Å². The molecule has 2 amide bonds. The van der Waals surface area contributed by atoms with E-state index < -0.39 is 0 Å². The van der Waals surface area contributed by atoms with Gasteiger partial charge in [-0.05, 0) is 36.3 Å². The summed E-state index contributed by atoms with van der Waals surface area (Å²) < 4.78 is 0. The first kappa shape index (κ1) is 19.9. The molecule has 3 atom stereocenters. The van der Waals surface area contributed by atoms with Gasteiger partial charge in [-0.25, -0.2) is 0 Å². The van der Waals surface area contributed by atoms with Crippen LogP contribution in [-0.4, -0.2) is 53.8 Å². The Balaban J connectivity index is 1.71. The molecule has 148 valence electrons. The number of amides is 2. The Morgan fingerprint density at radius 1 is 1.15 bits per heavy atom. The lowest BCUT2D eigenvalue weighted by molar-refractivity contribution is -0.144. The molecule has 2 aliphatic heterocycles. The number of rotatable bonds is 4. The van der Waals surface area contributed by atoms with Gasteiger partial charge in [0.25, 0.3) is 0 Å². The summed E-state index contributed by atoms with van der Waals surface area (Å²) in [6.45, 7) is 8.84. The molecule has 0 aliphatic carbocycles. The Kier molecular flexibility index (Phi) is 5.89. The van der Waals surface area contributed by atoms with E-state index in [0.717, 1.165) is 12.8 Å². The van der Waals surface area contributed by atoms with Crippen molar-refractivity contribution in [3.63, 3.8) is 0 Å². The minimum Gasteiger partial charge on any atom is -0.340 e. The van der Waals surface area contributed by atoms with Gasteiger partial charge in [0.1, 0.15) is 6.04 Å². The lowest BCUT2D eigenvalue weighted by atomic mass is 9.89. The molecule has 3 rings (SSSR count). The molecule has 0 saturated carbocycles. The summed E-state index contributed by atoms with van der Waals surface area (Å²) in [6, 6.07) is 10.0. The van der Waals surface area contributed by atoms with E-state index in [4.69, 9.17) is 5.73 Å². The van der Waals surface area contributed by atoms with Gasteiger partial charge in [0, 0.05) is 32.0 Å². The summed E-state index contributed by atoms with van der Waals surface area (Å²) in [5.41, 5.74) is 7.20. The van der Waals surface area contributed by atoms with Crippen LogP contribution in [0.15, 0.2) is 30.3 Å². The van der Waals surface area contributed by atoms with Gasteiger partial charge in [-0.1, -0.05) is 51.1 Å². The van der Waals surface area contributed by atoms with Gasteiger partial charge in [-0.2, -0.15) is 0 Å². The second-order valence-electron chi connectivity index (χ2n) is 9.24. The van der Waals surface area contributed by atoms with E-state index in [1.807, 2.05) is 28.0 Å². The minimum absolute atomic E-state index is 0.0655. The molecule has 2 saturated heterocycles. The Morgan fingerprint density at radius 2 is 1.85 bits per heavy atom. The normalized spacial score (nSPS) is 25.9. The van der Waals surface area contributed by atoms with Crippen LogP contribution in [0.3, 0.4) is 0 Å². The first-order valence-electron chi connectivity index (χ1n) is 10.1. The molecule has 0 bridgehead atoms. The average Bonchev–Trinajstić information content (AvgIpc) is 3.27. The van der Waals surface area contributed by atoms with Crippen LogP contribution in [0.4, 0.5) is 0 Å². The maximum atomic E-state index is 13.3. The van der Waals surface area contributed by atoms with Gasteiger partial charge in [0.15, 0.2) is 0 Å². The van der Waals surface area contributed by atoms with Crippen LogP contribution < -0.4 is 5.73 Å². The van der Waals surface area contributed by atoms with Crippen molar-refractivity contribution in [2.75, 3.05) is 26.2 Å². The maximum Gasteiger partial charge on any atom is 0.245 e. The first-order chi connectivity index (χ1) is 12.8. The van der Waals surface area contributed by atoms with Crippen molar-refractivity contribution in [2.24, 2.45) is 17.1 Å². The molecule has 1 unspecified atom stereocenters. The molecule has 2 aliphatic rings. The molecule has 27 heavy (non-hydrogen) atoms. The first-order valence-corrected chi connectivity index (χ1v) is 10.1. The molecule has 2 heterocycles. The Labute approximate surface area is 162 Å². The van der Waals surface area contributed by atoms with Crippen LogP contribution >= 0.6 is 0 Å². The highest BCUT2D eigenvalue weighted by Gasteiger charge is 2.42. The predicted molar refractivity (Wildman–Crippen MR) is 107 cm³/mol. The van der Waals surface area contributed by atoms with E-state index in [2.05, 4.69) is 32.9 Å². The van der Waals surface area contributed by atoms with E-state index in [9.17, 15) is 9.59 Å². The van der Waals surface area contributed by atoms with Gasteiger partial charge >= 0.3 is 0 Å². The zero-order valence-corrected chi connectivity index (χ0v) is 16.9. The fourth-order valence-electron chi connectivity index (χ4n) is 4.46. The van der Waals surface area contributed by atoms with Crippen LogP contribution in [0, 0.1) is 11.3 Å². The predicted octanol–water partition coefficient (Wildman–Crippen LogP) is 2.61. The quantitative estimate of drug-likeness (QED) is 0.885. The number of nitrogens with zero attached hydrogens (tertiary/aromatic N) is 2. The second kappa shape index (κ2) is 8.01.